The van der Waals surface area contributed by atoms with Crippen molar-refractivity contribution in [3.05, 3.63) is 12.2 Å². The van der Waals surface area contributed by atoms with E-state index in [0.717, 1.165) is 0 Å². The topological polar surface area (TPSA) is 26.0 Å². The SMILES string of the molecule is CC1CC=CC1N. The summed E-state index contributed by atoms with van der Waals surface area (Å²) in [5, 5.41) is 0. The molecule has 0 fully saturated rings. The maximum Gasteiger partial charge on any atom is 0.0252 e. The minimum atomic E-state index is 0.333. The zero-order valence-corrected chi connectivity index (χ0v) is 4.59. The van der Waals surface area contributed by atoms with Crippen molar-refractivity contribution in [1.82, 2.24) is 0 Å². The Balaban J connectivity index is 2.45. The summed E-state index contributed by atoms with van der Waals surface area (Å²) in [5.74, 6) is 0.681. The Hall–Kier alpha value is -0.300. The summed E-state index contributed by atoms with van der Waals surface area (Å²) in [5.41, 5.74) is 5.59. The minimum absolute atomic E-state index is 0.333. The van der Waals surface area contributed by atoms with Crippen molar-refractivity contribution in [3.8, 4) is 0 Å². The fraction of sp³-hybridized carbons (Fsp3) is 0.667. The van der Waals surface area contributed by atoms with Crippen LogP contribution < -0.4 is 5.73 Å². The van der Waals surface area contributed by atoms with Crippen LogP contribution in [-0.2, 0) is 0 Å². The molecule has 1 nitrogen and oxygen atoms in total. The van der Waals surface area contributed by atoms with E-state index in [1.165, 1.54) is 6.42 Å². The van der Waals surface area contributed by atoms with Gasteiger partial charge in [0.15, 0.2) is 0 Å². The molecule has 1 rings (SSSR count). The van der Waals surface area contributed by atoms with Crippen LogP contribution in [0.5, 0.6) is 0 Å². The van der Waals surface area contributed by atoms with E-state index in [1.807, 2.05) is 0 Å². The fourth-order valence-corrected chi connectivity index (χ4v) is 0.797. The van der Waals surface area contributed by atoms with E-state index >= 15 is 0 Å². The van der Waals surface area contributed by atoms with Crippen molar-refractivity contribution in [2.24, 2.45) is 11.7 Å². The highest BCUT2D eigenvalue weighted by Gasteiger charge is 2.11. The van der Waals surface area contributed by atoms with Gasteiger partial charge in [-0.25, -0.2) is 0 Å². The molecule has 0 saturated heterocycles. The Labute approximate surface area is 44.2 Å². The van der Waals surface area contributed by atoms with Crippen LogP contribution in [0.25, 0.3) is 0 Å². The standard InChI is InChI=1S/C6H11N/c1-5-3-2-4-6(5)7/h2,4-6H,3,7H2,1H3. The highest BCUT2D eigenvalue weighted by molar-refractivity contribution is 5.02. The second-order valence-electron chi connectivity index (χ2n) is 2.22. The molecule has 2 atom stereocenters. The van der Waals surface area contributed by atoms with Gasteiger partial charge in [-0.3, -0.25) is 0 Å². The van der Waals surface area contributed by atoms with Crippen LogP contribution in [0, 0.1) is 5.92 Å². The zero-order chi connectivity index (χ0) is 5.28. The van der Waals surface area contributed by atoms with Gasteiger partial charge in [-0.05, 0) is 12.3 Å². The maximum absolute atomic E-state index is 5.59. The van der Waals surface area contributed by atoms with Crippen LogP contribution in [0.3, 0.4) is 0 Å². The molecule has 2 N–H and O–H groups in total. The second-order valence-corrected chi connectivity index (χ2v) is 2.22. The predicted octanol–water partition coefficient (Wildman–Crippen LogP) is 0.910. The van der Waals surface area contributed by atoms with Crippen LogP contribution in [-0.4, -0.2) is 6.04 Å². The molecule has 0 heterocycles. The Morgan fingerprint density at radius 1 is 1.71 bits per heavy atom. The second kappa shape index (κ2) is 1.66. The molecule has 1 heteroatoms. The quantitative estimate of drug-likeness (QED) is 0.447. The zero-order valence-electron chi connectivity index (χ0n) is 4.59. The molecule has 0 aliphatic heterocycles. The van der Waals surface area contributed by atoms with Gasteiger partial charge in [-0.2, -0.15) is 0 Å². The van der Waals surface area contributed by atoms with Crippen LogP contribution in [0.4, 0.5) is 0 Å². The number of hydrogen-bond acceptors (Lipinski definition) is 1. The van der Waals surface area contributed by atoms with E-state index in [-0.39, 0.29) is 0 Å². The lowest BCUT2D eigenvalue weighted by Gasteiger charge is -2.05. The Kier molecular flexibility index (Phi) is 1.15. The lowest BCUT2D eigenvalue weighted by Crippen LogP contribution is -2.21. The molecule has 1 aliphatic rings. The van der Waals surface area contributed by atoms with Crippen LogP contribution >= 0.6 is 0 Å². The summed E-state index contributed by atoms with van der Waals surface area (Å²) in [7, 11) is 0. The van der Waals surface area contributed by atoms with Gasteiger partial charge < -0.3 is 5.73 Å². The summed E-state index contributed by atoms with van der Waals surface area (Å²) in [4.78, 5) is 0. The molecule has 1 aliphatic carbocycles. The third kappa shape index (κ3) is 0.829. The summed E-state index contributed by atoms with van der Waals surface area (Å²) >= 11 is 0. The number of allylic oxidation sites excluding steroid dienone is 1. The Morgan fingerprint density at radius 2 is 2.43 bits per heavy atom. The predicted molar refractivity (Wildman–Crippen MR) is 30.9 cm³/mol. The first-order chi connectivity index (χ1) is 3.30. The molecule has 0 bridgehead atoms. The summed E-state index contributed by atoms with van der Waals surface area (Å²) < 4.78 is 0. The third-order valence-electron chi connectivity index (χ3n) is 1.52. The van der Waals surface area contributed by atoms with Crippen molar-refractivity contribution >= 4 is 0 Å². The lowest BCUT2D eigenvalue weighted by molar-refractivity contribution is 0.558. The van der Waals surface area contributed by atoms with Gasteiger partial charge in [0.2, 0.25) is 0 Å². The van der Waals surface area contributed by atoms with Gasteiger partial charge >= 0.3 is 0 Å². The van der Waals surface area contributed by atoms with Gasteiger partial charge in [-0.15, -0.1) is 0 Å². The van der Waals surface area contributed by atoms with Gasteiger partial charge in [-0.1, -0.05) is 19.1 Å². The van der Waals surface area contributed by atoms with E-state index < -0.39 is 0 Å². The van der Waals surface area contributed by atoms with Crippen molar-refractivity contribution in [2.75, 3.05) is 0 Å². The number of nitrogens with two attached hydrogens (primary N) is 1. The molecular formula is C6H11N. The number of hydrogen-bond donors (Lipinski definition) is 1. The van der Waals surface area contributed by atoms with E-state index in [0.29, 0.717) is 12.0 Å². The van der Waals surface area contributed by atoms with Gasteiger partial charge in [0, 0.05) is 6.04 Å². The molecule has 0 aromatic rings. The average molecular weight is 97.2 g/mol. The van der Waals surface area contributed by atoms with Crippen molar-refractivity contribution in [1.29, 1.82) is 0 Å². The number of rotatable bonds is 0. The molecule has 40 valence electrons. The molecule has 0 saturated carbocycles. The fourth-order valence-electron chi connectivity index (χ4n) is 0.797. The smallest absolute Gasteiger partial charge is 0.0252 e. The van der Waals surface area contributed by atoms with E-state index in [1.54, 1.807) is 0 Å². The molecule has 2 unspecified atom stereocenters. The molecular weight excluding hydrogens is 86.1 g/mol. The minimum Gasteiger partial charge on any atom is -0.324 e. The first-order valence-corrected chi connectivity index (χ1v) is 2.73. The Bertz CT molecular complexity index is 86.2. The first kappa shape index (κ1) is 4.85. The monoisotopic (exact) mass is 97.1 g/mol. The van der Waals surface area contributed by atoms with E-state index in [2.05, 4.69) is 19.1 Å². The molecule has 0 aromatic carbocycles. The molecule has 0 amide bonds. The van der Waals surface area contributed by atoms with Crippen LogP contribution in [0.15, 0.2) is 12.2 Å². The molecule has 0 radical (unpaired) electrons. The molecule has 0 aromatic heterocycles. The maximum atomic E-state index is 5.59. The Morgan fingerprint density at radius 3 is 2.57 bits per heavy atom. The van der Waals surface area contributed by atoms with Crippen molar-refractivity contribution in [3.63, 3.8) is 0 Å². The van der Waals surface area contributed by atoms with Gasteiger partial charge in [0.25, 0.3) is 0 Å². The lowest BCUT2D eigenvalue weighted by atomic mass is 10.1. The molecule has 0 spiro atoms. The van der Waals surface area contributed by atoms with Crippen LogP contribution in [0.2, 0.25) is 0 Å². The summed E-state index contributed by atoms with van der Waals surface area (Å²) in [6.07, 6.45) is 5.39. The highest BCUT2D eigenvalue weighted by atomic mass is 14.6. The highest BCUT2D eigenvalue weighted by Crippen LogP contribution is 2.14. The first-order valence-electron chi connectivity index (χ1n) is 2.73. The summed E-state index contributed by atoms with van der Waals surface area (Å²) in [6, 6.07) is 0.333. The van der Waals surface area contributed by atoms with Crippen molar-refractivity contribution < 1.29 is 0 Å². The van der Waals surface area contributed by atoms with Gasteiger partial charge in [0.05, 0.1) is 0 Å². The molecule has 7 heavy (non-hydrogen) atoms. The largest absolute Gasteiger partial charge is 0.324 e. The van der Waals surface area contributed by atoms with Crippen LogP contribution in [0.1, 0.15) is 13.3 Å². The third-order valence-corrected chi connectivity index (χ3v) is 1.52. The normalized spacial score (nSPS) is 39.7. The van der Waals surface area contributed by atoms with Crippen molar-refractivity contribution in [2.45, 2.75) is 19.4 Å². The summed E-state index contributed by atoms with van der Waals surface area (Å²) in [6.45, 7) is 2.17. The van der Waals surface area contributed by atoms with E-state index in [9.17, 15) is 0 Å². The van der Waals surface area contributed by atoms with Gasteiger partial charge in [0.1, 0.15) is 0 Å². The average Bonchev–Trinajstić information content (AvgIpc) is 1.91. The van der Waals surface area contributed by atoms with E-state index in [4.69, 9.17) is 5.73 Å².